The molecule has 2 N–H and O–H groups in total. The van der Waals surface area contributed by atoms with Gasteiger partial charge in [-0.15, -0.1) is 0 Å². The highest BCUT2D eigenvalue weighted by Crippen LogP contribution is 2.28. The van der Waals surface area contributed by atoms with Crippen molar-refractivity contribution in [1.82, 2.24) is 4.72 Å². The molecule has 0 unspecified atom stereocenters. The SMILES string of the molecule is CCCCCCCCc1cc(S(=O)(=O)NC)c2oc3ccc(C(=O)O)cc3c(=O)c2c1. The van der Waals surface area contributed by atoms with Crippen molar-refractivity contribution in [3.63, 3.8) is 0 Å². The van der Waals surface area contributed by atoms with Crippen LogP contribution in [0.5, 0.6) is 0 Å². The average molecular weight is 446 g/mol. The van der Waals surface area contributed by atoms with Crippen molar-refractivity contribution >= 4 is 37.9 Å². The van der Waals surface area contributed by atoms with Gasteiger partial charge in [0.25, 0.3) is 0 Å². The minimum absolute atomic E-state index is 0.0263. The second-order valence-corrected chi connectivity index (χ2v) is 9.50. The van der Waals surface area contributed by atoms with Crippen molar-refractivity contribution in [2.75, 3.05) is 7.05 Å². The Morgan fingerprint density at radius 3 is 2.42 bits per heavy atom. The molecule has 0 fully saturated rings. The van der Waals surface area contributed by atoms with E-state index < -0.39 is 21.4 Å². The first-order valence-electron chi connectivity index (χ1n) is 10.5. The van der Waals surface area contributed by atoms with Crippen LogP contribution in [0, 0.1) is 0 Å². The molecule has 0 aliphatic carbocycles. The zero-order valence-corrected chi connectivity index (χ0v) is 18.5. The van der Waals surface area contributed by atoms with E-state index in [9.17, 15) is 23.1 Å². The van der Waals surface area contributed by atoms with E-state index in [1.165, 1.54) is 44.5 Å². The number of carboxylic acids is 1. The largest absolute Gasteiger partial charge is 0.478 e. The van der Waals surface area contributed by atoms with E-state index in [4.69, 9.17) is 4.42 Å². The fraction of sp³-hybridized carbons (Fsp3) is 0.391. The average Bonchev–Trinajstić information content (AvgIpc) is 2.75. The molecule has 0 bridgehead atoms. The summed E-state index contributed by atoms with van der Waals surface area (Å²) in [5.41, 5.74) is 0.361. The summed E-state index contributed by atoms with van der Waals surface area (Å²) >= 11 is 0. The van der Waals surface area contributed by atoms with Gasteiger partial charge in [0.05, 0.1) is 16.3 Å². The van der Waals surface area contributed by atoms with Crippen molar-refractivity contribution in [1.29, 1.82) is 0 Å². The summed E-state index contributed by atoms with van der Waals surface area (Å²) in [6, 6.07) is 7.17. The zero-order valence-electron chi connectivity index (χ0n) is 17.7. The summed E-state index contributed by atoms with van der Waals surface area (Å²) < 4.78 is 33.4. The molecule has 2 aromatic carbocycles. The molecule has 166 valence electrons. The predicted octanol–water partition coefficient (Wildman–Crippen LogP) is 4.46. The maximum absolute atomic E-state index is 13.2. The Morgan fingerprint density at radius 1 is 1.03 bits per heavy atom. The van der Waals surface area contributed by atoms with Gasteiger partial charge in [0.15, 0.2) is 5.58 Å². The van der Waals surface area contributed by atoms with Gasteiger partial charge in [-0.1, -0.05) is 39.0 Å². The Morgan fingerprint density at radius 2 is 1.74 bits per heavy atom. The number of benzene rings is 2. The van der Waals surface area contributed by atoms with Gasteiger partial charge >= 0.3 is 5.97 Å². The molecule has 3 rings (SSSR count). The molecular formula is C23H27NO6S. The molecule has 7 nitrogen and oxygen atoms in total. The van der Waals surface area contributed by atoms with Crippen molar-refractivity contribution < 1.29 is 22.7 Å². The van der Waals surface area contributed by atoms with E-state index in [0.717, 1.165) is 24.8 Å². The van der Waals surface area contributed by atoms with Crippen molar-refractivity contribution in [3.8, 4) is 0 Å². The van der Waals surface area contributed by atoms with Crippen molar-refractivity contribution in [2.45, 2.75) is 56.8 Å². The summed E-state index contributed by atoms with van der Waals surface area (Å²) in [5.74, 6) is -1.16. The summed E-state index contributed by atoms with van der Waals surface area (Å²) in [4.78, 5) is 24.4. The summed E-state index contributed by atoms with van der Waals surface area (Å²) in [6.07, 6.45) is 7.22. The minimum atomic E-state index is -3.87. The van der Waals surface area contributed by atoms with Crippen LogP contribution in [0.4, 0.5) is 0 Å². The number of hydrogen-bond donors (Lipinski definition) is 2. The second-order valence-electron chi connectivity index (χ2n) is 7.64. The highest BCUT2D eigenvalue weighted by atomic mass is 32.2. The minimum Gasteiger partial charge on any atom is -0.478 e. The van der Waals surface area contributed by atoms with Gasteiger partial charge in [-0.2, -0.15) is 0 Å². The number of nitrogens with one attached hydrogen (secondary N) is 1. The molecule has 0 spiro atoms. The quantitative estimate of drug-likeness (QED) is 0.352. The molecule has 0 aliphatic rings. The van der Waals surface area contributed by atoms with E-state index in [1.54, 1.807) is 12.1 Å². The number of hydrogen-bond acceptors (Lipinski definition) is 5. The third kappa shape index (κ3) is 4.97. The van der Waals surface area contributed by atoms with E-state index in [2.05, 4.69) is 11.6 Å². The fourth-order valence-corrected chi connectivity index (χ4v) is 4.60. The maximum Gasteiger partial charge on any atom is 0.335 e. The number of sulfonamides is 1. The number of rotatable bonds is 10. The number of carboxylic acid groups (broad SMARTS) is 1. The lowest BCUT2D eigenvalue weighted by atomic mass is 10.0. The molecule has 31 heavy (non-hydrogen) atoms. The zero-order chi connectivity index (χ0) is 22.6. The molecule has 0 saturated heterocycles. The number of aromatic carboxylic acids is 1. The van der Waals surface area contributed by atoms with Crippen LogP contribution in [0.2, 0.25) is 0 Å². The Hall–Kier alpha value is -2.71. The van der Waals surface area contributed by atoms with Crippen LogP contribution in [0.1, 0.15) is 61.4 Å². The lowest BCUT2D eigenvalue weighted by molar-refractivity contribution is 0.0697. The Balaban J connectivity index is 2.12. The van der Waals surface area contributed by atoms with Crippen LogP contribution in [0.15, 0.2) is 44.4 Å². The fourth-order valence-electron chi connectivity index (χ4n) is 3.68. The molecule has 0 amide bonds. The Bertz CT molecular complexity index is 1280. The first kappa shape index (κ1) is 23.0. The summed E-state index contributed by atoms with van der Waals surface area (Å²) in [5, 5.41) is 9.47. The predicted molar refractivity (Wildman–Crippen MR) is 120 cm³/mol. The number of unbranched alkanes of at least 4 members (excludes halogenated alkanes) is 5. The van der Waals surface area contributed by atoms with Gasteiger partial charge < -0.3 is 9.52 Å². The molecule has 3 aromatic rings. The molecule has 0 aliphatic heterocycles. The molecule has 0 atom stereocenters. The Kier molecular flexibility index (Phi) is 7.12. The lowest BCUT2D eigenvalue weighted by Crippen LogP contribution is -2.20. The monoisotopic (exact) mass is 445 g/mol. The number of aryl methyl sites for hydroxylation is 1. The first-order valence-corrected chi connectivity index (χ1v) is 12.0. The van der Waals surface area contributed by atoms with Gasteiger partial charge in [0, 0.05) is 0 Å². The number of fused-ring (bicyclic) bond motifs is 2. The van der Waals surface area contributed by atoms with Crippen LogP contribution in [-0.4, -0.2) is 26.5 Å². The number of carbonyl (C=O) groups is 1. The van der Waals surface area contributed by atoms with Gasteiger partial charge in [-0.25, -0.2) is 17.9 Å². The standard InChI is InChI=1S/C23H27NO6S/c1-3-4-5-6-7-8-9-15-12-18-21(25)17-14-16(23(26)27)10-11-19(17)30-22(18)20(13-15)31(28,29)24-2/h10-14,24H,3-9H2,1-2H3,(H,26,27). The normalized spacial score (nSPS) is 11.9. The van der Waals surface area contributed by atoms with Crippen LogP contribution < -0.4 is 10.2 Å². The van der Waals surface area contributed by atoms with Gasteiger partial charge in [0.1, 0.15) is 10.5 Å². The summed E-state index contributed by atoms with van der Waals surface area (Å²) in [6.45, 7) is 2.16. The molecule has 0 radical (unpaired) electrons. The van der Waals surface area contributed by atoms with E-state index in [-0.39, 0.29) is 32.4 Å². The second kappa shape index (κ2) is 9.62. The van der Waals surface area contributed by atoms with Gasteiger partial charge in [-0.3, -0.25) is 4.79 Å². The van der Waals surface area contributed by atoms with Crippen LogP contribution in [-0.2, 0) is 16.4 Å². The molecule has 1 heterocycles. The van der Waals surface area contributed by atoms with Crippen molar-refractivity contribution in [3.05, 3.63) is 51.7 Å². The molecule has 1 aromatic heterocycles. The maximum atomic E-state index is 13.2. The van der Waals surface area contributed by atoms with Crippen LogP contribution in [0.25, 0.3) is 21.9 Å². The third-order valence-electron chi connectivity index (χ3n) is 5.42. The van der Waals surface area contributed by atoms with Crippen LogP contribution >= 0.6 is 0 Å². The molecule has 0 saturated carbocycles. The van der Waals surface area contributed by atoms with Gasteiger partial charge in [-0.05, 0) is 55.8 Å². The van der Waals surface area contributed by atoms with Crippen LogP contribution in [0.3, 0.4) is 0 Å². The Labute approximate surface area is 181 Å². The van der Waals surface area contributed by atoms with E-state index in [1.807, 2.05) is 0 Å². The van der Waals surface area contributed by atoms with E-state index >= 15 is 0 Å². The molecule has 8 heteroatoms. The third-order valence-corrected chi connectivity index (χ3v) is 6.84. The smallest absolute Gasteiger partial charge is 0.335 e. The van der Waals surface area contributed by atoms with Gasteiger partial charge in [0.2, 0.25) is 15.5 Å². The van der Waals surface area contributed by atoms with Crippen molar-refractivity contribution in [2.24, 2.45) is 0 Å². The highest BCUT2D eigenvalue weighted by Gasteiger charge is 2.22. The van der Waals surface area contributed by atoms with E-state index in [0.29, 0.717) is 6.42 Å². The highest BCUT2D eigenvalue weighted by molar-refractivity contribution is 7.89. The topological polar surface area (TPSA) is 114 Å². The lowest BCUT2D eigenvalue weighted by Gasteiger charge is -2.11. The first-order chi connectivity index (χ1) is 14.8. The molecular weight excluding hydrogens is 418 g/mol. The summed E-state index contributed by atoms with van der Waals surface area (Å²) in [7, 11) is -2.57.